The molecule has 0 atom stereocenters. The smallest absolute Gasteiger partial charge is 0.268 e. The third-order valence-electron chi connectivity index (χ3n) is 2.21. The molecule has 0 bridgehead atoms. The summed E-state index contributed by atoms with van der Waals surface area (Å²) in [5.74, 6) is 0.695. The predicted octanol–water partition coefficient (Wildman–Crippen LogP) is 2.22. The van der Waals surface area contributed by atoms with Crippen LogP contribution in [0.5, 0.6) is 11.6 Å². The van der Waals surface area contributed by atoms with E-state index in [1.165, 1.54) is 6.33 Å². The molecular formula is C11H10BrN3O2. The van der Waals surface area contributed by atoms with Crippen molar-refractivity contribution in [1.29, 1.82) is 0 Å². The highest BCUT2D eigenvalue weighted by Gasteiger charge is 2.11. The molecule has 2 aromatic rings. The van der Waals surface area contributed by atoms with E-state index < -0.39 is 0 Å². The van der Waals surface area contributed by atoms with Crippen LogP contribution in [-0.2, 0) is 0 Å². The molecule has 0 saturated carbocycles. The summed E-state index contributed by atoms with van der Waals surface area (Å²) in [5.41, 5.74) is 6.87. The van der Waals surface area contributed by atoms with Crippen LogP contribution < -0.4 is 16.0 Å². The molecule has 3 N–H and O–H groups in total. The quantitative estimate of drug-likeness (QED) is 0.833. The predicted molar refractivity (Wildman–Crippen MR) is 68.2 cm³/mol. The van der Waals surface area contributed by atoms with Gasteiger partial charge in [-0.1, -0.05) is 12.1 Å². The van der Waals surface area contributed by atoms with Crippen LogP contribution in [0, 0.1) is 6.92 Å². The molecule has 6 heteroatoms. The number of halogens is 1. The van der Waals surface area contributed by atoms with Gasteiger partial charge in [0.1, 0.15) is 4.47 Å². The van der Waals surface area contributed by atoms with Gasteiger partial charge in [-0.3, -0.25) is 4.79 Å². The Morgan fingerprint density at radius 1 is 1.47 bits per heavy atom. The summed E-state index contributed by atoms with van der Waals surface area (Å²) < 4.78 is 5.79. The average molecular weight is 296 g/mol. The van der Waals surface area contributed by atoms with Crippen LogP contribution in [0.2, 0.25) is 0 Å². The number of nitrogens with one attached hydrogen (secondary N) is 1. The topological polar surface area (TPSA) is 81.0 Å². The number of aromatic nitrogens is 2. The molecule has 1 aromatic heterocycles. The molecule has 0 unspecified atom stereocenters. The van der Waals surface area contributed by atoms with Gasteiger partial charge in [0.2, 0.25) is 5.88 Å². The number of ether oxygens (including phenoxy) is 1. The molecule has 0 aliphatic rings. The molecule has 0 amide bonds. The lowest BCUT2D eigenvalue weighted by molar-refractivity contribution is 0.456. The number of H-pyrrole nitrogens is 1. The summed E-state index contributed by atoms with van der Waals surface area (Å²) in [4.78, 5) is 17.7. The van der Waals surface area contributed by atoms with E-state index in [1.54, 1.807) is 6.07 Å². The number of anilines is 1. The summed E-state index contributed by atoms with van der Waals surface area (Å²) in [7, 11) is 0. The number of nitrogen functional groups attached to an aromatic ring is 1. The first-order valence-electron chi connectivity index (χ1n) is 4.85. The Bertz CT molecular complexity index is 590. The van der Waals surface area contributed by atoms with Gasteiger partial charge in [0.25, 0.3) is 5.56 Å². The lowest BCUT2D eigenvalue weighted by Crippen LogP contribution is -2.08. The zero-order valence-electron chi connectivity index (χ0n) is 9.03. The van der Waals surface area contributed by atoms with E-state index in [9.17, 15) is 4.79 Å². The highest BCUT2D eigenvalue weighted by Crippen LogP contribution is 2.31. The Kier molecular flexibility index (Phi) is 3.14. The number of rotatable bonds is 2. The largest absolute Gasteiger partial charge is 0.435 e. The Labute approximate surface area is 106 Å². The van der Waals surface area contributed by atoms with Gasteiger partial charge in [-0.15, -0.1) is 0 Å². The molecule has 0 aliphatic carbocycles. The van der Waals surface area contributed by atoms with Gasteiger partial charge in [-0.05, 0) is 34.5 Å². The summed E-state index contributed by atoms with van der Waals surface area (Å²) in [6, 6.07) is 5.42. The van der Waals surface area contributed by atoms with Crippen LogP contribution in [0.1, 0.15) is 5.56 Å². The van der Waals surface area contributed by atoms with Crippen molar-refractivity contribution in [1.82, 2.24) is 9.97 Å². The number of aromatic amines is 1. The molecule has 1 heterocycles. The fourth-order valence-electron chi connectivity index (χ4n) is 1.35. The van der Waals surface area contributed by atoms with Crippen molar-refractivity contribution < 1.29 is 4.74 Å². The number of nitrogens with zero attached hydrogens (tertiary/aromatic N) is 1. The number of hydrogen-bond acceptors (Lipinski definition) is 4. The minimum atomic E-state index is -0.304. The van der Waals surface area contributed by atoms with Crippen LogP contribution in [0.15, 0.2) is 33.8 Å². The van der Waals surface area contributed by atoms with E-state index in [-0.39, 0.29) is 15.9 Å². The zero-order valence-corrected chi connectivity index (χ0v) is 10.6. The van der Waals surface area contributed by atoms with Gasteiger partial charge >= 0.3 is 0 Å². The molecule has 0 aliphatic heterocycles. The highest BCUT2D eigenvalue weighted by molar-refractivity contribution is 9.10. The van der Waals surface area contributed by atoms with Crippen molar-refractivity contribution in [3.05, 3.63) is 44.9 Å². The number of para-hydroxylation sites is 1. The second kappa shape index (κ2) is 4.58. The number of nitrogens with two attached hydrogens (primary N) is 1. The first kappa shape index (κ1) is 11.7. The normalized spacial score (nSPS) is 10.2. The lowest BCUT2D eigenvalue weighted by atomic mass is 10.2. The lowest BCUT2D eigenvalue weighted by Gasteiger charge is -2.10. The van der Waals surface area contributed by atoms with E-state index in [1.807, 2.05) is 19.1 Å². The van der Waals surface area contributed by atoms with Crippen molar-refractivity contribution >= 4 is 21.6 Å². The van der Waals surface area contributed by atoms with Crippen LogP contribution in [0.25, 0.3) is 0 Å². The van der Waals surface area contributed by atoms with Gasteiger partial charge in [-0.2, -0.15) is 0 Å². The maximum atomic E-state index is 11.3. The summed E-state index contributed by atoms with van der Waals surface area (Å²) in [5, 5.41) is 0. The van der Waals surface area contributed by atoms with Crippen LogP contribution >= 0.6 is 15.9 Å². The van der Waals surface area contributed by atoms with Crippen molar-refractivity contribution in [2.24, 2.45) is 0 Å². The van der Waals surface area contributed by atoms with Crippen molar-refractivity contribution in [2.75, 3.05) is 5.73 Å². The molecule has 1 aromatic carbocycles. The second-order valence-electron chi connectivity index (χ2n) is 3.45. The second-order valence-corrected chi connectivity index (χ2v) is 4.24. The molecule has 88 valence electrons. The number of aryl methyl sites for hydroxylation is 1. The molecule has 0 saturated heterocycles. The minimum absolute atomic E-state index is 0.190. The third kappa shape index (κ3) is 2.31. The molecule has 2 rings (SSSR count). The molecule has 17 heavy (non-hydrogen) atoms. The minimum Gasteiger partial charge on any atom is -0.435 e. The van der Waals surface area contributed by atoms with Crippen molar-refractivity contribution in [3.8, 4) is 11.6 Å². The fraction of sp³-hybridized carbons (Fsp3) is 0.0909. The van der Waals surface area contributed by atoms with E-state index in [0.29, 0.717) is 11.4 Å². The molecule has 5 nitrogen and oxygen atoms in total. The third-order valence-corrected chi connectivity index (χ3v) is 2.90. The molecule has 0 spiro atoms. The van der Waals surface area contributed by atoms with Gasteiger partial charge in [0.05, 0.1) is 12.0 Å². The average Bonchev–Trinajstić information content (AvgIpc) is 2.29. The van der Waals surface area contributed by atoms with Crippen LogP contribution in [-0.4, -0.2) is 9.97 Å². The maximum Gasteiger partial charge on any atom is 0.268 e. The molecular weight excluding hydrogens is 286 g/mol. The van der Waals surface area contributed by atoms with Gasteiger partial charge in [0.15, 0.2) is 5.75 Å². The van der Waals surface area contributed by atoms with Gasteiger partial charge in [0, 0.05) is 0 Å². The first-order chi connectivity index (χ1) is 8.09. The summed E-state index contributed by atoms with van der Waals surface area (Å²) >= 11 is 3.11. The maximum absolute atomic E-state index is 11.3. The Hall–Kier alpha value is -1.82. The van der Waals surface area contributed by atoms with Crippen LogP contribution in [0.3, 0.4) is 0 Å². The molecule has 0 fully saturated rings. The van der Waals surface area contributed by atoms with E-state index in [0.717, 1.165) is 5.56 Å². The standard InChI is InChI=1S/C11H10BrN3O2/c1-6-3-2-4-7(13)9(6)17-11-8(12)10(16)14-5-15-11/h2-5H,13H2,1H3,(H,14,15,16). The van der Waals surface area contributed by atoms with Crippen molar-refractivity contribution in [3.63, 3.8) is 0 Å². The van der Waals surface area contributed by atoms with Crippen LogP contribution in [0.4, 0.5) is 5.69 Å². The van der Waals surface area contributed by atoms with Gasteiger partial charge in [-0.25, -0.2) is 4.98 Å². The summed E-state index contributed by atoms with van der Waals surface area (Å²) in [6.45, 7) is 1.87. The Morgan fingerprint density at radius 3 is 2.94 bits per heavy atom. The van der Waals surface area contributed by atoms with Crippen molar-refractivity contribution in [2.45, 2.75) is 6.92 Å². The monoisotopic (exact) mass is 295 g/mol. The van der Waals surface area contributed by atoms with E-state index in [2.05, 4.69) is 25.9 Å². The fourth-order valence-corrected chi connectivity index (χ4v) is 1.65. The number of hydrogen-bond donors (Lipinski definition) is 2. The Morgan fingerprint density at radius 2 is 2.24 bits per heavy atom. The number of benzene rings is 1. The molecule has 0 radical (unpaired) electrons. The van der Waals surface area contributed by atoms with E-state index >= 15 is 0 Å². The SMILES string of the molecule is Cc1cccc(N)c1Oc1nc[nH]c(=O)c1Br. The zero-order chi connectivity index (χ0) is 12.4. The highest BCUT2D eigenvalue weighted by atomic mass is 79.9. The Balaban J connectivity index is 2.45. The first-order valence-corrected chi connectivity index (χ1v) is 5.65. The van der Waals surface area contributed by atoms with E-state index in [4.69, 9.17) is 10.5 Å². The summed E-state index contributed by atoms with van der Waals surface area (Å²) in [6.07, 6.45) is 1.27. The van der Waals surface area contributed by atoms with Gasteiger partial charge < -0.3 is 15.5 Å².